The second-order valence-corrected chi connectivity index (χ2v) is 5.44. The molecule has 1 saturated heterocycles. The lowest BCUT2D eigenvalue weighted by Gasteiger charge is -2.27. The van der Waals surface area contributed by atoms with E-state index in [4.69, 9.17) is 21.4 Å². The molecule has 1 heterocycles. The molecule has 0 aliphatic carbocycles. The Morgan fingerprint density at radius 1 is 1.57 bits per heavy atom. The molecular weight excluding hydrogens is 290 g/mol. The van der Waals surface area contributed by atoms with Crippen molar-refractivity contribution in [3.05, 3.63) is 34.3 Å². The molecule has 1 aromatic carbocycles. The molecule has 1 aliphatic rings. The fourth-order valence-electron chi connectivity index (χ4n) is 2.29. The van der Waals surface area contributed by atoms with Crippen LogP contribution in [0.15, 0.2) is 18.2 Å². The highest BCUT2D eigenvalue weighted by molar-refractivity contribution is 6.32. The number of aliphatic hydroxyl groups is 1. The van der Waals surface area contributed by atoms with Gasteiger partial charge >= 0.3 is 0 Å². The van der Waals surface area contributed by atoms with Crippen LogP contribution in [-0.2, 0) is 4.74 Å². The molecule has 1 aliphatic heterocycles. The Labute approximate surface area is 129 Å². The first kappa shape index (κ1) is 15.8. The monoisotopic (exact) mass is 307 g/mol. The van der Waals surface area contributed by atoms with Crippen molar-refractivity contribution in [2.75, 3.05) is 13.2 Å². The van der Waals surface area contributed by atoms with Gasteiger partial charge in [0.25, 0.3) is 5.91 Å². The van der Waals surface area contributed by atoms with Gasteiger partial charge in [0.15, 0.2) is 0 Å². The molecule has 2 rings (SSSR count). The van der Waals surface area contributed by atoms with Gasteiger partial charge < -0.3 is 15.2 Å². The van der Waals surface area contributed by atoms with Gasteiger partial charge in [0.2, 0.25) is 0 Å². The fourth-order valence-corrected chi connectivity index (χ4v) is 2.52. The summed E-state index contributed by atoms with van der Waals surface area (Å²) < 4.78 is 5.46. The normalized spacial score (nSPS) is 21.3. The fraction of sp³-hybridized carbons (Fsp3) is 0.438. The highest BCUT2D eigenvalue weighted by atomic mass is 35.5. The molecule has 0 radical (unpaired) electrons. The first-order chi connectivity index (χ1) is 10.1. The number of hydrogen-bond donors (Lipinski definition) is 2. The molecule has 0 spiro atoms. The zero-order valence-corrected chi connectivity index (χ0v) is 12.6. The quantitative estimate of drug-likeness (QED) is 0.822. The molecule has 21 heavy (non-hydrogen) atoms. The second-order valence-electron chi connectivity index (χ2n) is 5.03. The minimum atomic E-state index is -0.222. The maximum Gasteiger partial charge on any atom is 0.251 e. The van der Waals surface area contributed by atoms with Gasteiger partial charge in [0, 0.05) is 23.8 Å². The van der Waals surface area contributed by atoms with Crippen LogP contribution in [0.25, 0.3) is 0 Å². The van der Waals surface area contributed by atoms with Crippen LogP contribution in [0.2, 0.25) is 5.02 Å². The Bertz CT molecular complexity index is 577. The number of benzene rings is 1. The Balaban J connectivity index is 2.04. The molecule has 1 fully saturated rings. The summed E-state index contributed by atoms with van der Waals surface area (Å²) in [6, 6.07) is 5.10. The van der Waals surface area contributed by atoms with Crippen molar-refractivity contribution in [1.82, 2.24) is 5.32 Å². The number of rotatable bonds is 2. The molecule has 2 atom stereocenters. The van der Waals surface area contributed by atoms with Crippen LogP contribution in [0, 0.1) is 11.8 Å². The van der Waals surface area contributed by atoms with E-state index in [2.05, 4.69) is 17.2 Å². The minimum absolute atomic E-state index is 0.133. The third-order valence-corrected chi connectivity index (χ3v) is 3.67. The summed E-state index contributed by atoms with van der Waals surface area (Å²) in [6.07, 6.45) is 1.81. The number of carbonyl (C=O) groups excluding carboxylic acids is 1. The highest BCUT2D eigenvalue weighted by Gasteiger charge is 2.21. The van der Waals surface area contributed by atoms with E-state index in [-0.39, 0.29) is 24.7 Å². The summed E-state index contributed by atoms with van der Waals surface area (Å²) in [5.41, 5.74) is 1.11. The molecule has 5 heteroatoms. The average Bonchev–Trinajstić information content (AvgIpc) is 2.46. The first-order valence-electron chi connectivity index (χ1n) is 6.92. The predicted octanol–water partition coefficient (Wildman–Crippen LogP) is 1.98. The summed E-state index contributed by atoms with van der Waals surface area (Å²) in [5, 5.41) is 12.1. The molecule has 112 valence electrons. The van der Waals surface area contributed by atoms with E-state index in [1.165, 1.54) is 0 Å². The standard InChI is InChI=1S/C16H18ClNO3/c1-11-9-14(6-8-21-11)18-16(20)13-5-4-12(3-2-7-19)15(17)10-13/h4-5,10-11,14,19H,6-9H2,1H3,(H,18,20). The average molecular weight is 308 g/mol. The molecule has 2 unspecified atom stereocenters. The van der Waals surface area contributed by atoms with E-state index < -0.39 is 0 Å². The molecule has 2 N–H and O–H groups in total. The lowest BCUT2D eigenvalue weighted by atomic mass is 10.0. The summed E-state index contributed by atoms with van der Waals surface area (Å²) in [5.74, 6) is 5.13. The maximum absolute atomic E-state index is 12.2. The van der Waals surface area contributed by atoms with Crippen LogP contribution in [0.1, 0.15) is 35.7 Å². The predicted molar refractivity (Wildman–Crippen MR) is 81.3 cm³/mol. The summed E-state index contributed by atoms with van der Waals surface area (Å²) in [4.78, 5) is 12.2. The van der Waals surface area contributed by atoms with Gasteiger partial charge in [-0.3, -0.25) is 4.79 Å². The van der Waals surface area contributed by atoms with Crippen molar-refractivity contribution in [1.29, 1.82) is 0 Å². The lowest BCUT2D eigenvalue weighted by Crippen LogP contribution is -2.41. The second kappa shape index (κ2) is 7.46. The molecule has 0 bridgehead atoms. The van der Waals surface area contributed by atoms with Gasteiger partial charge in [-0.1, -0.05) is 23.4 Å². The third kappa shape index (κ3) is 4.47. The Hall–Kier alpha value is -1.54. The SMILES string of the molecule is CC1CC(NC(=O)c2ccc(C#CCO)c(Cl)c2)CCO1. The van der Waals surface area contributed by atoms with Gasteiger partial charge in [-0.15, -0.1) is 0 Å². The van der Waals surface area contributed by atoms with E-state index in [1.54, 1.807) is 18.2 Å². The number of carbonyl (C=O) groups is 1. The molecule has 1 aromatic rings. The van der Waals surface area contributed by atoms with Crippen LogP contribution in [0.3, 0.4) is 0 Å². The number of nitrogens with one attached hydrogen (secondary N) is 1. The molecule has 0 aromatic heterocycles. The van der Waals surface area contributed by atoms with Crippen LogP contribution in [0.5, 0.6) is 0 Å². The number of halogens is 1. The van der Waals surface area contributed by atoms with Crippen molar-refractivity contribution in [3.63, 3.8) is 0 Å². The van der Waals surface area contributed by atoms with Crippen LogP contribution in [0.4, 0.5) is 0 Å². The van der Waals surface area contributed by atoms with Gasteiger partial charge in [-0.25, -0.2) is 0 Å². The van der Waals surface area contributed by atoms with Crippen LogP contribution in [-0.4, -0.2) is 36.4 Å². The van der Waals surface area contributed by atoms with E-state index >= 15 is 0 Å². The topological polar surface area (TPSA) is 58.6 Å². The van der Waals surface area contributed by atoms with Crippen molar-refractivity contribution in [3.8, 4) is 11.8 Å². The van der Waals surface area contributed by atoms with Gasteiger partial charge in [0.05, 0.1) is 11.1 Å². The summed E-state index contributed by atoms with van der Waals surface area (Å²) in [6.45, 7) is 2.45. The van der Waals surface area contributed by atoms with Crippen LogP contribution >= 0.6 is 11.6 Å². The molecule has 0 saturated carbocycles. The zero-order valence-electron chi connectivity index (χ0n) is 11.9. The number of ether oxygens (including phenoxy) is 1. The number of aliphatic hydroxyl groups excluding tert-OH is 1. The van der Waals surface area contributed by atoms with Gasteiger partial charge in [-0.05, 0) is 38.0 Å². The highest BCUT2D eigenvalue weighted by Crippen LogP contribution is 2.18. The Morgan fingerprint density at radius 3 is 3.05 bits per heavy atom. The van der Waals surface area contributed by atoms with Crippen molar-refractivity contribution < 1.29 is 14.6 Å². The van der Waals surface area contributed by atoms with Crippen molar-refractivity contribution in [2.45, 2.75) is 31.9 Å². The zero-order chi connectivity index (χ0) is 15.2. The van der Waals surface area contributed by atoms with Crippen molar-refractivity contribution in [2.24, 2.45) is 0 Å². The van der Waals surface area contributed by atoms with E-state index in [0.717, 1.165) is 12.8 Å². The first-order valence-corrected chi connectivity index (χ1v) is 7.29. The lowest BCUT2D eigenvalue weighted by molar-refractivity contribution is 0.0136. The number of hydrogen-bond acceptors (Lipinski definition) is 3. The minimum Gasteiger partial charge on any atom is -0.384 e. The third-order valence-electron chi connectivity index (χ3n) is 3.35. The van der Waals surface area contributed by atoms with E-state index in [1.807, 2.05) is 6.92 Å². The van der Waals surface area contributed by atoms with E-state index in [0.29, 0.717) is 22.8 Å². The summed E-state index contributed by atoms with van der Waals surface area (Å²) in [7, 11) is 0. The number of amides is 1. The summed E-state index contributed by atoms with van der Waals surface area (Å²) >= 11 is 6.09. The molecule has 4 nitrogen and oxygen atoms in total. The molecular formula is C16H18ClNO3. The van der Waals surface area contributed by atoms with E-state index in [9.17, 15) is 4.79 Å². The molecule has 1 amide bonds. The Morgan fingerprint density at radius 2 is 2.38 bits per heavy atom. The van der Waals surface area contributed by atoms with Crippen LogP contribution < -0.4 is 5.32 Å². The maximum atomic E-state index is 12.2. The van der Waals surface area contributed by atoms with Gasteiger partial charge in [-0.2, -0.15) is 0 Å². The van der Waals surface area contributed by atoms with Crippen molar-refractivity contribution >= 4 is 17.5 Å². The smallest absolute Gasteiger partial charge is 0.251 e. The largest absolute Gasteiger partial charge is 0.384 e. The van der Waals surface area contributed by atoms with Gasteiger partial charge in [0.1, 0.15) is 6.61 Å². The Kier molecular flexibility index (Phi) is 5.63.